The second kappa shape index (κ2) is 7.95. The van der Waals surface area contributed by atoms with Crippen LogP contribution in [0.2, 0.25) is 0 Å². The van der Waals surface area contributed by atoms with Crippen molar-refractivity contribution in [3.8, 4) is 0 Å². The molecular weight excluding hydrogens is 360 g/mol. The Kier molecular flexibility index (Phi) is 5.37. The monoisotopic (exact) mass is 390 g/mol. The molecule has 1 N–H and O–H groups in total. The molecule has 1 aromatic carbocycles. The number of rotatable bonds is 4. The molecule has 1 aliphatic heterocycles. The van der Waals surface area contributed by atoms with Gasteiger partial charge >= 0.3 is 0 Å². The summed E-state index contributed by atoms with van der Waals surface area (Å²) in [5.74, 6) is 1.83. The normalized spacial score (nSPS) is 16.2. The molecule has 1 saturated heterocycles. The summed E-state index contributed by atoms with van der Waals surface area (Å²) in [4.78, 5) is 9.44. The lowest BCUT2D eigenvalue weighted by Crippen LogP contribution is -2.44. The van der Waals surface area contributed by atoms with Crippen LogP contribution in [-0.2, 0) is 0 Å². The van der Waals surface area contributed by atoms with Crippen LogP contribution in [0.25, 0.3) is 10.8 Å². The van der Waals surface area contributed by atoms with Crippen LogP contribution in [0.15, 0.2) is 30.5 Å². The average molecular weight is 391 g/mol. The van der Waals surface area contributed by atoms with E-state index in [1.165, 1.54) is 16.7 Å². The number of likely N-dealkylation sites (N-methyl/N-ethyl adjacent to an activating group) is 1. The highest BCUT2D eigenvalue weighted by molar-refractivity contribution is 5.94. The molecule has 0 radical (unpaired) electrons. The number of anilines is 2. The Labute approximate surface area is 173 Å². The predicted octanol–water partition coefficient (Wildman–Crippen LogP) is 3.87. The lowest BCUT2D eigenvalue weighted by molar-refractivity contribution is 0.312. The highest BCUT2D eigenvalue weighted by Crippen LogP contribution is 2.30. The topological polar surface area (TPSA) is 57.2 Å². The quantitative estimate of drug-likeness (QED) is 0.730. The van der Waals surface area contributed by atoms with Crippen LogP contribution in [-0.4, -0.2) is 53.3 Å². The van der Waals surface area contributed by atoms with E-state index in [2.05, 4.69) is 77.4 Å². The zero-order chi connectivity index (χ0) is 20.5. The summed E-state index contributed by atoms with van der Waals surface area (Å²) in [6.45, 7) is 12.6. The van der Waals surface area contributed by atoms with E-state index >= 15 is 0 Å². The first-order valence-electron chi connectivity index (χ1n) is 10.3. The summed E-state index contributed by atoms with van der Waals surface area (Å²) in [5, 5.41) is 14.6. The third kappa shape index (κ3) is 3.90. The van der Waals surface area contributed by atoms with Gasteiger partial charge in [-0.2, -0.15) is 5.10 Å². The van der Waals surface area contributed by atoms with Gasteiger partial charge in [0.1, 0.15) is 5.82 Å². The summed E-state index contributed by atoms with van der Waals surface area (Å²) >= 11 is 0. The Hall–Kier alpha value is -2.73. The molecular formula is C23H30N6. The van der Waals surface area contributed by atoms with Gasteiger partial charge in [0, 0.05) is 43.1 Å². The van der Waals surface area contributed by atoms with Crippen LogP contribution in [0.5, 0.6) is 0 Å². The fourth-order valence-corrected chi connectivity index (χ4v) is 4.00. The molecule has 0 unspecified atom stereocenters. The Morgan fingerprint density at radius 2 is 1.76 bits per heavy atom. The number of aryl methyl sites for hydroxylation is 2. The molecule has 0 aliphatic carbocycles. The molecule has 0 spiro atoms. The standard InChI is InChI=1S/C23H30N6/c1-15-7-6-8-19(16(15)2)17(3)25-23-20-13-22(29-11-9-28(5)10-12-29)24-14-21(20)18(4)26-27-23/h6-8,13-14,17H,9-12H2,1-5H3,(H,25,27)/t17-/m1/s1. The van der Waals surface area contributed by atoms with Gasteiger partial charge in [-0.05, 0) is 57.5 Å². The maximum absolute atomic E-state index is 4.73. The van der Waals surface area contributed by atoms with Gasteiger partial charge in [0.05, 0.1) is 11.7 Å². The second-order valence-corrected chi connectivity index (χ2v) is 8.17. The number of hydrogen-bond donors (Lipinski definition) is 1. The zero-order valence-corrected chi connectivity index (χ0v) is 18.0. The van der Waals surface area contributed by atoms with Crippen molar-refractivity contribution in [2.24, 2.45) is 0 Å². The Morgan fingerprint density at radius 3 is 2.52 bits per heavy atom. The molecule has 6 nitrogen and oxygen atoms in total. The van der Waals surface area contributed by atoms with Crippen molar-refractivity contribution in [2.75, 3.05) is 43.4 Å². The maximum atomic E-state index is 4.73. The first kappa shape index (κ1) is 19.6. The number of benzene rings is 1. The lowest BCUT2D eigenvalue weighted by Gasteiger charge is -2.33. The van der Waals surface area contributed by atoms with E-state index in [4.69, 9.17) is 4.98 Å². The molecule has 4 rings (SSSR count). The highest BCUT2D eigenvalue weighted by Gasteiger charge is 2.18. The van der Waals surface area contributed by atoms with Crippen molar-refractivity contribution in [2.45, 2.75) is 33.7 Å². The lowest BCUT2D eigenvalue weighted by atomic mass is 9.98. The molecule has 3 heterocycles. The van der Waals surface area contributed by atoms with Crippen molar-refractivity contribution < 1.29 is 0 Å². The van der Waals surface area contributed by atoms with Crippen LogP contribution >= 0.6 is 0 Å². The third-order valence-corrected chi connectivity index (χ3v) is 6.13. The average Bonchev–Trinajstić information content (AvgIpc) is 2.72. The fourth-order valence-electron chi connectivity index (χ4n) is 4.00. The first-order chi connectivity index (χ1) is 13.9. The number of nitrogens with zero attached hydrogens (tertiary/aromatic N) is 5. The van der Waals surface area contributed by atoms with E-state index in [0.717, 1.165) is 54.3 Å². The number of hydrogen-bond acceptors (Lipinski definition) is 6. The number of pyridine rings is 1. The van der Waals surface area contributed by atoms with Gasteiger partial charge in [-0.1, -0.05) is 18.2 Å². The molecule has 2 aromatic heterocycles. The molecule has 3 aromatic rings. The summed E-state index contributed by atoms with van der Waals surface area (Å²) < 4.78 is 0. The van der Waals surface area contributed by atoms with Crippen molar-refractivity contribution in [1.29, 1.82) is 0 Å². The van der Waals surface area contributed by atoms with Gasteiger partial charge in [0.25, 0.3) is 0 Å². The van der Waals surface area contributed by atoms with Crippen LogP contribution in [0.4, 0.5) is 11.6 Å². The summed E-state index contributed by atoms with van der Waals surface area (Å²) in [6.07, 6.45) is 1.95. The van der Waals surface area contributed by atoms with Crippen LogP contribution in [0, 0.1) is 20.8 Å². The Morgan fingerprint density at radius 1 is 1.00 bits per heavy atom. The zero-order valence-electron chi connectivity index (χ0n) is 18.0. The SMILES string of the molecule is Cc1cccc([C@@H](C)Nc2nnc(C)c3cnc(N4CCN(C)CC4)cc23)c1C. The summed E-state index contributed by atoms with van der Waals surface area (Å²) in [5.41, 5.74) is 4.81. The number of piperazine rings is 1. The molecule has 1 fully saturated rings. The maximum Gasteiger partial charge on any atom is 0.157 e. The van der Waals surface area contributed by atoms with E-state index in [0.29, 0.717) is 0 Å². The first-order valence-corrected chi connectivity index (χ1v) is 10.3. The third-order valence-electron chi connectivity index (χ3n) is 6.13. The van der Waals surface area contributed by atoms with Crippen molar-refractivity contribution in [1.82, 2.24) is 20.1 Å². The van der Waals surface area contributed by atoms with Crippen molar-refractivity contribution >= 4 is 22.4 Å². The van der Waals surface area contributed by atoms with E-state index in [9.17, 15) is 0 Å². The molecule has 1 aliphatic rings. The number of fused-ring (bicyclic) bond motifs is 1. The Bertz CT molecular complexity index is 1020. The smallest absolute Gasteiger partial charge is 0.157 e. The minimum atomic E-state index is 0.135. The van der Waals surface area contributed by atoms with Gasteiger partial charge < -0.3 is 15.1 Å². The largest absolute Gasteiger partial charge is 0.362 e. The van der Waals surface area contributed by atoms with Gasteiger partial charge in [0.15, 0.2) is 5.82 Å². The van der Waals surface area contributed by atoms with E-state index in [-0.39, 0.29) is 6.04 Å². The van der Waals surface area contributed by atoms with Crippen molar-refractivity contribution in [3.63, 3.8) is 0 Å². The second-order valence-electron chi connectivity index (χ2n) is 8.17. The minimum Gasteiger partial charge on any atom is -0.362 e. The van der Waals surface area contributed by atoms with Crippen LogP contribution in [0.1, 0.15) is 35.3 Å². The molecule has 152 valence electrons. The van der Waals surface area contributed by atoms with Crippen LogP contribution < -0.4 is 10.2 Å². The predicted molar refractivity (Wildman–Crippen MR) is 120 cm³/mol. The Balaban J connectivity index is 1.69. The molecule has 1 atom stereocenters. The molecule has 6 heteroatoms. The summed E-state index contributed by atoms with van der Waals surface area (Å²) in [6, 6.07) is 8.75. The van der Waals surface area contributed by atoms with E-state index in [1.54, 1.807) is 0 Å². The van der Waals surface area contributed by atoms with Crippen molar-refractivity contribution in [3.05, 3.63) is 52.8 Å². The van der Waals surface area contributed by atoms with Gasteiger partial charge in [-0.15, -0.1) is 5.10 Å². The summed E-state index contributed by atoms with van der Waals surface area (Å²) in [7, 11) is 2.17. The molecule has 0 saturated carbocycles. The van der Waals surface area contributed by atoms with E-state index < -0.39 is 0 Å². The van der Waals surface area contributed by atoms with E-state index in [1.807, 2.05) is 13.1 Å². The minimum absolute atomic E-state index is 0.135. The number of nitrogens with one attached hydrogen (secondary N) is 1. The van der Waals surface area contributed by atoms with Gasteiger partial charge in [0.2, 0.25) is 0 Å². The molecule has 29 heavy (non-hydrogen) atoms. The van der Waals surface area contributed by atoms with Crippen LogP contribution in [0.3, 0.4) is 0 Å². The number of aromatic nitrogens is 3. The molecule has 0 amide bonds. The van der Waals surface area contributed by atoms with Gasteiger partial charge in [-0.3, -0.25) is 0 Å². The highest BCUT2D eigenvalue weighted by atomic mass is 15.3. The molecule has 0 bridgehead atoms. The van der Waals surface area contributed by atoms with Gasteiger partial charge in [-0.25, -0.2) is 4.98 Å². The fraction of sp³-hybridized carbons (Fsp3) is 0.435.